The molecule has 4 nitrogen and oxygen atoms in total. The lowest BCUT2D eigenvalue weighted by atomic mass is 10.1. The van der Waals surface area contributed by atoms with Gasteiger partial charge in [-0.3, -0.25) is 0 Å². The lowest BCUT2D eigenvalue weighted by Crippen LogP contribution is -2.26. The number of amidine groups is 1. The smallest absolute Gasteiger partial charge is 0.141 e. The van der Waals surface area contributed by atoms with Crippen LogP contribution in [0.3, 0.4) is 0 Å². The quantitative estimate of drug-likeness (QED) is 0.330. The minimum absolute atomic E-state index is 0.0196. The monoisotopic (exact) mass is 259 g/mol. The highest BCUT2D eigenvalue weighted by Crippen LogP contribution is 2.24. The van der Waals surface area contributed by atoms with Gasteiger partial charge >= 0.3 is 0 Å². The van der Waals surface area contributed by atoms with E-state index in [0.29, 0.717) is 17.1 Å². The highest BCUT2D eigenvalue weighted by molar-refractivity contribution is 6.33. The molecule has 0 amide bonds. The van der Waals surface area contributed by atoms with Crippen LogP contribution < -0.4 is 11.1 Å². The van der Waals surface area contributed by atoms with Crippen LogP contribution in [0.25, 0.3) is 0 Å². The zero-order valence-corrected chi connectivity index (χ0v) is 10.2. The van der Waals surface area contributed by atoms with Gasteiger partial charge in [-0.25, -0.2) is 4.39 Å². The average Bonchev–Trinajstić information content (AvgIpc) is 2.31. The summed E-state index contributed by atoms with van der Waals surface area (Å²) in [5, 5.41) is 14.8. The predicted octanol–water partition coefficient (Wildman–Crippen LogP) is 2.81. The SMILES string of the molecule is CCC(CC(N)=NO)Nc1ccc(F)cc1Cl. The molecule has 1 atom stereocenters. The van der Waals surface area contributed by atoms with E-state index < -0.39 is 0 Å². The van der Waals surface area contributed by atoms with E-state index in [1.165, 1.54) is 12.1 Å². The third-order valence-corrected chi connectivity index (χ3v) is 2.68. The number of nitrogens with one attached hydrogen (secondary N) is 1. The van der Waals surface area contributed by atoms with Gasteiger partial charge in [0.2, 0.25) is 0 Å². The Morgan fingerprint density at radius 2 is 2.35 bits per heavy atom. The molecule has 6 heteroatoms. The van der Waals surface area contributed by atoms with Gasteiger partial charge in [0.15, 0.2) is 0 Å². The number of hydrogen-bond donors (Lipinski definition) is 3. The number of benzene rings is 1. The number of hydrogen-bond acceptors (Lipinski definition) is 3. The summed E-state index contributed by atoms with van der Waals surface area (Å²) in [6.45, 7) is 1.96. The molecule has 0 aliphatic carbocycles. The Morgan fingerprint density at radius 1 is 1.65 bits per heavy atom. The Labute approximate surface area is 104 Å². The predicted molar refractivity (Wildman–Crippen MR) is 67.1 cm³/mol. The molecule has 0 spiro atoms. The Kier molecular flexibility index (Phi) is 5.03. The standard InChI is InChI=1S/C11H15ClFN3O/c1-2-8(6-11(14)16-17)15-10-4-3-7(13)5-9(10)12/h3-5,8,15,17H,2,6H2,1H3,(H2,14,16). The molecule has 1 unspecified atom stereocenters. The van der Waals surface area contributed by atoms with Gasteiger partial charge in [-0.1, -0.05) is 23.7 Å². The van der Waals surface area contributed by atoms with Crippen LogP contribution in [-0.2, 0) is 0 Å². The van der Waals surface area contributed by atoms with Crippen molar-refractivity contribution in [3.05, 3.63) is 29.0 Å². The van der Waals surface area contributed by atoms with Crippen molar-refractivity contribution in [2.24, 2.45) is 10.9 Å². The van der Waals surface area contributed by atoms with Gasteiger partial charge in [-0.05, 0) is 24.6 Å². The molecular formula is C11H15ClFN3O. The molecule has 1 aromatic rings. The number of nitrogens with two attached hydrogens (primary N) is 1. The first-order valence-corrected chi connectivity index (χ1v) is 5.62. The average molecular weight is 260 g/mol. The highest BCUT2D eigenvalue weighted by Gasteiger charge is 2.11. The molecule has 0 aromatic heterocycles. The van der Waals surface area contributed by atoms with E-state index in [9.17, 15) is 4.39 Å². The van der Waals surface area contributed by atoms with Crippen LogP contribution >= 0.6 is 11.6 Å². The van der Waals surface area contributed by atoms with Gasteiger partial charge < -0.3 is 16.3 Å². The molecule has 0 aliphatic rings. The van der Waals surface area contributed by atoms with E-state index in [1.54, 1.807) is 6.07 Å². The Bertz CT molecular complexity index is 412. The van der Waals surface area contributed by atoms with Crippen LogP contribution in [0, 0.1) is 5.82 Å². The maximum atomic E-state index is 12.8. The molecule has 0 fully saturated rings. The zero-order chi connectivity index (χ0) is 12.8. The van der Waals surface area contributed by atoms with Crippen molar-refractivity contribution < 1.29 is 9.60 Å². The van der Waals surface area contributed by atoms with E-state index in [0.717, 1.165) is 6.42 Å². The first kappa shape index (κ1) is 13.6. The van der Waals surface area contributed by atoms with E-state index in [-0.39, 0.29) is 17.7 Å². The van der Waals surface area contributed by atoms with E-state index in [1.807, 2.05) is 6.92 Å². The van der Waals surface area contributed by atoms with Gasteiger partial charge in [0.05, 0.1) is 10.7 Å². The number of rotatable bonds is 5. The Hall–Kier alpha value is -1.49. The molecule has 0 heterocycles. The minimum Gasteiger partial charge on any atom is -0.409 e. The second-order valence-corrected chi connectivity index (χ2v) is 4.08. The maximum Gasteiger partial charge on any atom is 0.141 e. The van der Waals surface area contributed by atoms with Crippen molar-refractivity contribution in [1.29, 1.82) is 0 Å². The Morgan fingerprint density at radius 3 is 2.88 bits per heavy atom. The molecule has 1 rings (SSSR count). The first-order valence-electron chi connectivity index (χ1n) is 5.24. The number of nitrogens with zero attached hydrogens (tertiary/aromatic N) is 1. The summed E-state index contributed by atoms with van der Waals surface area (Å²) in [6.07, 6.45) is 1.16. The highest BCUT2D eigenvalue weighted by atomic mass is 35.5. The number of halogens is 2. The summed E-state index contributed by atoms with van der Waals surface area (Å²) in [5.41, 5.74) is 6.06. The topological polar surface area (TPSA) is 70.6 Å². The van der Waals surface area contributed by atoms with E-state index in [4.69, 9.17) is 22.5 Å². The van der Waals surface area contributed by atoms with Crippen LogP contribution in [0.1, 0.15) is 19.8 Å². The maximum absolute atomic E-state index is 12.8. The second-order valence-electron chi connectivity index (χ2n) is 3.67. The van der Waals surface area contributed by atoms with E-state index >= 15 is 0 Å². The van der Waals surface area contributed by atoms with Crippen LogP contribution in [0.4, 0.5) is 10.1 Å². The Balaban J connectivity index is 2.73. The molecule has 0 aliphatic heterocycles. The first-order chi connectivity index (χ1) is 8.06. The number of oxime groups is 1. The summed E-state index contributed by atoms with van der Waals surface area (Å²) in [5.74, 6) is -0.243. The molecule has 0 bridgehead atoms. The summed E-state index contributed by atoms with van der Waals surface area (Å²) in [7, 11) is 0. The lowest BCUT2D eigenvalue weighted by Gasteiger charge is -2.18. The summed E-state index contributed by atoms with van der Waals surface area (Å²) in [6, 6.07) is 4.10. The van der Waals surface area contributed by atoms with Crippen molar-refractivity contribution in [2.75, 3.05) is 5.32 Å². The molecular weight excluding hydrogens is 245 g/mol. The molecule has 4 N–H and O–H groups in total. The normalized spacial score (nSPS) is 13.5. The summed E-state index contributed by atoms with van der Waals surface area (Å²) in [4.78, 5) is 0. The van der Waals surface area contributed by atoms with Crippen molar-refractivity contribution in [2.45, 2.75) is 25.8 Å². The van der Waals surface area contributed by atoms with E-state index in [2.05, 4.69) is 10.5 Å². The van der Waals surface area contributed by atoms with Crippen LogP contribution in [0.2, 0.25) is 5.02 Å². The summed E-state index contributed by atoms with van der Waals surface area (Å²) < 4.78 is 12.8. The fourth-order valence-corrected chi connectivity index (χ4v) is 1.64. The van der Waals surface area contributed by atoms with Crippen LogP contribution in [-0.4, -0.2) is 17.1 Å². The van der Waals surface area contributed by atoms with Crippen molar-refractivity contribution in [3.63, 3.8) is 0 Å². The lowest BCUT2D eigenvalue weighted by molar-refractivity contribution is 0.316. The summed E-state index contributed by atoms with van der Waals surface area (Å²) >= 11 is 5.89. The van der Waals surface area contributed by atoms with Gasteiger partial charge in [-0.2, -0.15) is 0 Å². The van der Waals surface area contributed by atoms with Crippen LogP contribution in [0.15, 0.2) is 23.4 Å². The molecule has 0 saturated carbocycles. The van der Waals surface area contributed by atoms with Gasteiger partial charge in [0.1, 0.15) is 11.7 Å². The molecule has 94 valence electrons. The second kappa shape index (κ2) is 6.30. The number of anilines is 1. The molecule has 0 saturated heterocycles. The van der Waals surface area contributed by atoms with Gasteiger partial charge in [0.25, 0.3) is 0 Å². The largest absolute Gasteiger partial charge is 0.409 e. The van der Waals surface area contributed by atoms with Crippen molar-refractivity contribution >= 4 is 23.1 Å². The van der Waals surface area contributed by atoms with Crippen molar-refractivity contribution in [1.82, 2.24) is 0 Å². The zero-order valence-electron chi connectivity index (χ0n) is 9.45. The van der Waals surface area contributed by atoms with Crippen LogP contribution in [0.5, 0.6) is 0 Å². The molecule has 17 heavy (non-hydrogen) atoms. The molecule has 0 radical (unpaired) electrons. The fraction of sp³-hybridized carbons (Fsp3) is 0.364. The van der Waals surface area contributed by atoms with Crippen molar-refractivity contribution in [3.8, 4) is 0 Å². The van der Waals surface area contributed by atoms with Gasteiger partial charge in [0, 0.05) is 12.5 Å². The fourth-order valence-electron chi connectivity index (χ4n) is 1.42. The molecule has 1 aromatic carbocycles. The third kappa shape index (κ3) is 4.11. The van der Waals surface area contributed by atoms with Gasteiger partial charge in [-0.15, -0.1) is 0 Å². The minimum atomic E-state index is -0.384. The third-order valence-electron chi connectivity index (χ3n) is 2.37.